The molecule has 1 aliphatic heterocycles. The van der Waals surface area contributed by atoms with Crippen LogP contribution in [0, 0.1) is 0 Å². The zero-order valence-corrected chi connectivity index (χ0v) is 13.6. The summed E-state index contributed by atoms with van der Waals surface area (Å²) in [6.45, 7) is 8.08. The molecule has 1 heterocycles. The van der Waals surface area contributed by atoms with Crippen LogP contribution in [-0.2, 0) is 11.2 Å². The van der Waals surface area contributed by atoms with Crippen molar-refractivity contribution in [2.45, 2.75) is 51.7 Å². The first-order valence-corrected chi connectivity index (χ1v) is 8.43. The van der Waals surface area contributed by atoms with Crippen LogP contribution in [-0.4, -0.2) is 37.2 Å². The fourth-order valence-corrected chi connectivity index (χ4v) is 3.32. The van der Waals surface area contributed by atoms with E-state index in [4.69, 9.17) is 10.5 Å². The summed E-state index contributed by atoms with van der Waals surface area (Å²) in [7, 11) is 0. The largest absolute Gasteiger partial charge is 0.377 e. The Bertz CT molecular complexity index is 421. The highest BCUT2D eigenvalue weighted by molar-refractivity contribution is 5.30. The summed E-state index contributed by atoms with van der Waals surface area (Å²) in [5.41, 5.74) is 8.94. The van der Waals surface area contributed by atoms with Gasteiger partial charge >= 0.3 is 0 Å². The molecule has 0 spiro atoms. The van der Waals surface area contributed by atoms with Gasteiger partial charge in [0.15, 0.2) is 0 Å². The SMILES string of the molecule is CCCOC1CCCN(C(CN)c2ccccc2CC)C1. The van der Waals surface area contributed by atoms with E-state index in [1.807, 2.05) is 0 Å². The van der Waals surface area contributed by atoms with Crippen molar-refractivity contribution in [1.82, 2.24) is 4.90 Å². The molecule has 118 valence electrons. The zero-order chi connectivity index (χ0) is 15.1. The van der Waals surface area contributed by atoms with E-state index in [0.29, 0.717) is 18.7 Å². The Balaban J connectivity index is 2.09. The molecule has 0 bridgehead atoms. The highest BCUT2D eigenvalue weighted by Crippen LogP contribution is 2.27. The van der Waals surface area contributed by atoms with Gasteiger partial charge < -0.3 is 10.5 Å². The lowest BCUT2D eigenvalue weighted by Gasteiger charge is -2.38. The van der Waals surface area contributed by atoms with E-state index >= 15 is 0 Å². The number of hydrogen-bond donors (Lipinski definition) is 1. The number of likely N-dealkylation sites (tertiary alicyclic amines) is 1. The number of nitrogens with two attached hydrogens (primary N) is 1. The maximum absolute atomic E-state index is 6.12. The Morgan fingerprint density at radius 3 is 2.86 bits per heavy atom. The molecular weight excluding hydrogens is 260 g/mol. The average Bonchev–Trinajstić information content (AvgIpc) is 2.54. The van der Waals surface area contributed by atoms with Gasteiger partial charge in [0.2, 0.25) is 0 Å². The summed E-state index contributed by atoms with van der Waals surface area (Å²) in [4.78, 5) is 2.53. The van der Waals surface area contributed by atoms with Gasteiger partial charge in [-0.15, -0.1) is 0 Å². The van der Waals surface area contributed by atoms with Crippen molar-refractivity contribution < 1.29 is 4.74 Å². The third-order valence-corrected chi connectivity index (χ3v) is 4.43. The summed E-state index contributed by atoms with van der Waals surface area (Å²) in [5.74, 6) is 0. The standard InChI is InChI=1S/C18H30N2O/c1-3-12-21-16-9-7-11-20(14-16)18(13-19)17-10-6-5-8-15(17)4-2/h5-6,8,10,16,18H,3-4,7,9,11-14,19H2,1-2H3. The molecule has 0 radical (unpaired) electrons. The van der Waals surface area contributed by atoms with Gasteiger partial charge in [0.1, 0.15) is 0 Å². The lowest BCUT2D eigenvalue weighted by atomic mass is 9.95. The molecule has 1 fully saturated rings. The van der Waals surface area contributed by atoms with Crippen molar-refractivity contribution in [3.8, 4) is 0 Å². The molecule has 0 aliphatic carbocycles. The van der Waals surface area contributed by atoms with Crippen LogP contribution >= 0.6 is 0 Å². The molecule has 2 rings (SSSR count). The van der Waals surface area contributed by atoms with Crippen molar-refractivity contribution in [1.29, 1.82) is 0 Å². The van der Waals surface area contributed by atoms with Gasteiger partial charge in [-0.3, -0.25) is 4.90 Å². The molecule has 1 aromatic carbocycles. The number of ether oxygens (including phenoxy) is 1. The molecule has 1 aliphatic rings. The van der Waals surface area contributed by atoms with Gasteiger partial charge in [-0.05, 0) is 43.4 Å². The molecule has 1 aromatic rings. The molecule has 2 N–H and O–H groups in total. The fraction of sp³-hybridized carbons (Fsp3) is 0.667. The second-order valence-corrected chi connectivity index (χ2v) is 5.93. The minimum absolute atomic E-state index is 0.328. The van der Waals surface area contributed by atoms with Crippen molar-refractivity contribution in [3.63, 3.8) is 0 Å². The number of rotatable bonds is 7. The third-order valence-electron chi connectivity index (χ3n) is 4.43. The topological polar surface area (TPSA) is 38.5 Å². The van der Waals surface area contributed by atoms with Crippen LogP contribution in [0.4, 0.5) is 0 Å². The van der Waals surface area contributed by atoms with E-state index in [2.05, 4.69) is 43.0 Å². The summed E-state index contributed by atoms with van der Waals surface area (Å²) in [6, 6.07) is 9.06. The van der Waals surface area contributed by atoms with Crippen LogP contribution in [0.5, 0.6) is 0 Å². The normalized spacial score (nSPS) is 21.4. The summed E-state index contributed by atoms with van der Waals surface area (Å²) in [5, 5.41) is 0. The first-order chi connectivity index (χ1) is 10.3. The molecule has 0 saturated carbocycles. The quantitative estimate of drug-likeness (QED) is 0.838. The van der Waals surface area contributed by atoms with Gasteiger partial charge in [-0.1, -0.05) is 38.1 Å². The molecule has 2 atom stereocenters. The highest BCUT2D eigenvalue weighted by Gasteiger charge is 2.27. The molecule has 3 heteroatoms. The van der Waals surface area contributed by atoms with Crippen LogP contribution in [0.15, 0.2) is 24.3 Å². The summed E-state index contributed by atoms with van der Waals surface area (Å²) >= 11 is 0. The van der Waals surface area contributed by atoms with E-state index in [1.165, 1.54) is 24.0 Å². The number of benzene rings is 1. The molecule has 2 unspecified atom stereocenters. The molecule has 21 heavy (non-hydrogen) atoms. The Morgan fingerprint density at radius 2 is 2.14 bits per heavy atom. The molecule has 1 saturated heterocycles. The number of piperidine rings is 1. The number of aryl methyl sites for hydroxylation is 1. The molecule has 0 aromatic heterocycles. The van der Waals surface area contributed by atoms with Crippen LogP contribution in [0.1, 0.15) is 50.3 Å². The first-order valence-electron chi connectivity index (χ1n) is 8.43. The van der Waals surface area contributed by atoms with E-state index in [1.54, 1.807) is 0 Å². The second kappa shape index (κ2) is 8.52. The zero-order valence-electron chi connectivity index (χ0n) is 13.6. The minimum atomic E-state index is 0.328. The van der Waals surface area contributed by atoms with Gasteiger partial charge in [-0.25, -0.2) is 0 Å². The monoisotopic (exact) mass is 290 g/mol. The van der Waals surface area contributed by atoms with Crippen molar-refractivity contribution in [3.05, 3.63) is 35.4 Å². The van der Waals surface area contributed by atoms with Gasteiger partial charge in [0.05, 0.1) is 6.10 Å². The van der Waals surface area contributed by atoms with Gasteiger partial charge in [-0.2, -0.15) is 0 Å². The maximum Gasteiger partial charge on any atom is 0.0702 e. The Kier molecular flexibility index (Phi) is 6.68. The maximum atomic E-state index is 6.12. The van der Waals surface area contributed by atoms with E-state index in [-0.39, 0.29) is 0 Å². The lowest BCUT2D eigenvalue weighted by molar-refractivity contribution is -0.0119. The van der Waals surface area contributed by atoms with Gasteiger partial charge in [0.25, 0.3) is 0 Å². The third kappa shape index (κ3) is 4.29. The minimum Gasteiger partial charge on any atom is -0.377 e. The van der Waals surface area contributed by atoms with Crippen molar-refractivity contribution in [2.24, 2.45) is 5.73 Å². The van der Waals surface area contributed by atoms with Crippen LogP contribution in [0.3, 0.4) is 0 Å². The lowest BCUT2D eigenvalue weighted by Crippen LogP contribution is -2.44. The summed E-state index contributed by atoms with van der Waals surface area (Å²) < 4.78 is 5.97. The fourth-order valence-electron chi connectivity index (χ4n) is 3.32. The number of hydrogen-bond acceptors (Lipinski definition) is 3. The summed E-state index contributed by atoms with van der Waals surface area (Å²) in [6.07, 6.45) is 4.93. The Labute approximate surface area is 129 Å². The van der Waals surface area contributed by atoms with Crippen LogP contribution in [0.25, 0.3) is 0 Å². The predicted octanol–water partition coefficient (Wildman–Crippen LogP) is 3.14. The Hall–Kier alpha value is -0.900. The van der Waals surface area contributed by atoms with E-state index in [0.717, 1.165) is 32.5 Å². The van der Waals surface area contributed by atoms with E-state index in [9.17, 15) is 0 Å². The average molecular weight is 290 g/mol. The Morgan fingerprint density at radius 1 is 1.33 bits per heavy atom. The van der Waals surface area contributed by atoms with Crippen LogP contribution in [0.2, 0.25) is 0 Å². The van der Waals surface area contributed by atoms with Crippen molar-refractivity contribution in [2.75, 3.05) is 26.2 Å². The smallest absolute Gasteiger partial charge is 0.0702 e. The number of nitrogens with zero attached hydrogens (tertiary/aromatic N) is 1. The van der Waals surface area contributed by atoms with Crippen LogP contribution < -0.4 is 5.73 Å². The van der Waals surface area contributed by atoms with Crippen molar-refractivity contribution >= 4 is 0 Å². The highest BCUT2D eigenvalue weighted by atomic mass is 16.5. The molecular formula is C18H30N2O. The molecule has 0 amide bonds. The predicted molar refractivity (Wildman–Crippen MR) is 88.5 cm³/mol. The second-order valence-electron chi connectivity index (χ2n) is 5.93. The first kappa shape index (κ1) is 16.5. The van der Waals surface area contributed by atoms with E-state index < -0.39 is 0 Å². The molecule has 3 nitrogen and oxygen atoms in total. The van der Waals surface area contributed by atoms with Gasteiger partial charge in [0, 0.05) is 25.7 Å².